The maximum atomic E-state index is 14.9. The lowest BCUT2D eigenvalue weighted by atomic mass is 9.71. The summed E-state index contributed by atoms with van der Waals surface area (Å²) in [6.07, 6.45) is 6.62. The molecule has 1 saturated carbocycles. The number of benzene rings is 1. The molecule has 2 unspecified atom stereocenters. The van der Waals surface area contributed by atoms with Crippen LogP contribution < -0.4 is 21.8 Å². The minimum absolute atomic E-state index is 0.0610. The molecule has 0 spiro atoms. The van der Waals surface area contributed by atoms with Gasteiger partial charge in [-0.25, -0.2) is 19.6 Å². The van der Waals surface area contributed by atoms with Crippen LogP contribution in [-0.2, 0) is 36.0 Å². The van der Waals surface area contributed by atoms with Crippen LogP contribution in [0.3, 0.4) is 0 Å². The van der Waals surface area contributed by atoms with Crippen LogP contribution in [0.25, 0.3) is 0 Å². The molecule has 53 heavy (non-hydrogen) atoms. The lowest BCUT2D eigenvalue weighted by Crippen LogP contribution is -2.61. The predicted octanol–water partition coefficient (Wildman–Crippen LogP) is 3.58. The van der Waals surface area contributed by atoms with Gasteiger partial charge in [0, 0.05) is 31.6 Å². The van der Waals surface area contributed by atoms with Crippen molar-refractivity contribution < 1.29 is 38.6 Å². The Hall–Kier alpha value is -4.34. The van der Waals surface area contributed by atoms with E-state index in [1.54, 1.807) is 76.2 Å². The molecule has 3 amide bonds. The van der Waals surface area contributed by atoms with Gasteiger partial charge in [-0.15, -0.1) is 0 Å². The molecule has 2 aromatic rings. The summed E-state index contributed by atoms with van der Waals surface area (Å²) in [5.74, 6) is -5.18. The molecular weight excluding hydrogens is 682 g/mol. The summed E-state index contributed by atoms with van der Waals surface area (Å²) in [6, 6.07) is 6.01. The van der Waals surface area contributed by atoms with Crippen LogP contribution in [0.4, 0.5) is 9.59 Å². The van der Waals surface area contributed by atoms with Crippen molar-refractivity contribution in [1.29, 1.82) is 0 Å². The molecule has 1 aliphatic carbocycles. The fourth-order valence-electron chi connectivity index (χ4n) is 6.95. The van der Waals surface area contributed by atoms with Gasteiger partial charge in [-0.3, -0.25) is 25.5 Å². The summed E-state index contributed by atoms with van der Waals surface area (Å²) in [5.41, 5.74) is 8.17. The lowest BCUT2D eigenvalue weighted by Gasteiger charge is -2.41. The van der Waals surface area contributed by atoms with Crippen LogP contribution in [0, 0.1) is 29.6 Å². The zero-order valence-corrected chi connectivity index (χ0v) is 31.9. The van der Waals surface area contributed by atoms with Gasteiger partial charge in [-0.1, -0.05) is 77.3 Å². The van der Waals surface area contributed by atoms with Crippen molar-refractivity contribution >= 4 is 29.7 Å². The Labute approximate surface area is 312 Å². The van der Waals surface area contributed by atoms with Crippen LogP contribution in [0.1, 0.15) is 84.4 Å². The fourth-order valence-corrected chi connectivity index (χ4v) is 6.95. The molecule has 0 bridgehead atoms. The van der Waals surface area contributed by atoms with Gasteiger partial charge in [0.2, 0.25) is 0 Å². The summed E-state index contributed by atoms with van der Waals surface area (Å²) in [6.45, 7) is 8.83. The number of rotatable bonds is 20. The molecule has 0 aliphatic heterocycles. The van der Waals surface area contributed by atoms with Crippen LogP contribution in [0.2, 0.25) is 0 Å². The Morgan fingerprint density at radius 3 is 2.21 bits per heavy atom. The number of Topliss-reactive ketones (excluding diaryl/α,β-unsaturated/α-hetero) is 2. The second kappa shape index (κ2) is 20.8. The Balaban J connectivity index is 2.18. The Kier molecular flexibility index (Phi) is 16.9. The zero-order valence-electron chi connectivity index (χ0n) is 31.9. The molecule has 1 aliphatic rings. The molecule has 15 nitrogen and oxygen atoms in total. The van der Waals surface area contributed by atoms with Crippen molar-refractivity contribution in [2.45, 2.75) is 97.4 Å². The second-order valence-corrected chi connectivity index (χ2v) is 14.5. The largest absolute Gasteiger partial charge is 0.453 e. The maximum absolute atomic E-state index is 14.9. The Morgan fingerprint density at radius 1 is 1.00 bits per heavy atom. The number of aliphatic hydroxyl groups is 1. The number of amides is 3. The number of hydrogen-bond donors (Lipinski definition) is 6. The van der Waals surface area contributed by atoms with Crippen LogP contribution in [-0.4, -0.2) is 88.6 Å². The first-order valence-electron chi connectivity index (χ1n) is 18.6. The van der Waals surface area contributed by atoms with E-state index in [0.717, 1.165) is 32.1 Å². The molecule has 1 aromatic heterocycles. The summed E-state index contributed by atoms with van der Waals surface area (Å²) in [7, 11) is 1.21. The second-order valence-electron chi connectivity index (χ2n) is 14.5. The van der Waals surface area contributed by atoms with Gasteiger partial charge in [0.1, 0.15) is 17.6 Å². The molecule has 0 saturated heterocycles. The highest BCUT2D eigenvalue weighted by molar-refractivity contribution is 5.95. The summed E-state index contributed by atoms with van der Waals surface area (Å²) in [5, 5.41) is 19.2. The highest BCUT2D eigenvalue weighted by Crippen LogP contribution is 2.35. The number of nitrogens with zero attached hydrogens (tertiary/aromatic N) is 2. The first kappa shape index (κ1) is 43.1. The number of carbonyl (C=O) groups is 5. The average Bonchev–Trinajstić information content (AvgIpc) is 3.65. The van der Waals surface area contributed by atoms with Gasteiger partial charge in [0.15, 0.2) is 5.78 Å². The van der Waals surface area contributed by atoms with E-state index in [4.69, 9.17) is 15.2 Å². The van der Waals surface area contributed by atoms with Crippen LogP contribution in [0.15, 0.2) is 42.9 Å². The van der Waals surface area contributed by atoms with Crippen molar-refractivity contribution in [2.75, 3.05) is 26.8 Å². The van der Waals surface area contributed by atoms with Crippen LogP contribution in [0.5, 0.6) is 0 Å². The number of hydrazine groups is 1. The van der Waals surface area contributed by atoms with Gasteiger partial charge in [0.05, 0.1) is 37.7 Å². The van der Waals surface area contributed by atoms with E-state index >= 15 is 0 Å². The molecule has 294 valence electrons. The number of carbonyl (C=O) groups excluding carboxylic acids is 5. The fraction of sp³-hybridized carbons (Fsp3) is 0.632. The van der Waals surface area contributed by atoms with Gasteiger partial charge < -0.3 is 30.2 Å². The van der Waals surface area contributed by atoms with Crippen molar-refractivity contribution in [3.63, 3.8) is 0 Å². The number of hydrogen-bond acceptors (Lipinski definition) is 11. The van der Waals surface area contributed by atoms with Crippen molar-refractivity contribution in [1.82, 2.24) is 31.0 Å². The molecule has 1 fully saturated rings. The molecule has 7 N–H and O–H groups in total. The number of imidazole rings is 1. The molecule has 3 rings (SSSR count). The molecule has 15 heteroatoms. The number of aromatic nitrogens is 2. The Morgan fingerprint density at radius 2 is 1.64 bits per heavy atom. The number of ketones is 2. The predicted molar refractivity (Wildman–Crippen MR) is 198 cm³/mol. The first-order valence-corrected chi connectivity index (χ1v) is 18.6. The molecule has 1 aromatic carbocycles. The van der Waals surface area contributed by atoms with Gasteiger partial charge in [0.25, 0.3) is 5.91 Å². The smallest absolute Gasteiger partial charge is 0.407 e. The number of aryl methyl sites for hydroxylation is 1. The highest BCUT2D eigenvalue weighted by atomic mass is 16.5. The van der Waals surface area contributed by atoms with Gasteiger partial charge in [-0.05, 0) is 49.5 Å². The molecule has 0 radical (unpaired) electrons. The lowest BCUT2D eigenvalue weighted by molar-refractivity contribution is -0.150. The molecule has 1 heterocycles. The number of aromatic amines is 1. The number of alkyl carbamates (subject to hydrolysis) is 2. The van der Waals surface area contributed by atoms with E-state index in [0.29, 0.717) is 12.2 Å². The van der Waals surface area contributed by atoms with Gasteiger partial charge >= 0.3 is 12.2 Å². The van der Waals surface area contributed by atoms with E-state index in [9.17, 15) is 29.1 Å². The highest BCUT2D eigenvalue weighted by Gasteiger charge is 2.50. The topological polar surface area (TPSA) is 218 Å². The van der Waals surface area contributed by atoms with E-state index in [2.05, 4.69) is 26.0 Å². The SMILES string of the molecule is CCOC(=O)N[C@H](C(=O)C([C@H](CN(CC1CCCCC1)NC(=O)[C@@H](NC(=O)OC)C(C)C)C(=O)CCc1c[nH]cn1)C(N)(O)c1ccccc1)C(C)C. The van der Waals surface area contributed by atoms with E-state index in [-0.39, 0.29) is 43.4 Å². The molecular formula is C38H59N7O8. The normalized spacial score (nSPS) is 17.0. The van der Waals surface area contributed by atoms with Crippen molar-refractivity contribution in [2.24, 2.45) is 35.3 Å². The third kappa shape index (κ3) is 12.6. The standard InChI is InChI=1S/C38H59N7O8/c1-7-53-37(50)42-32(24(2)3)34(47)31(38(39,51)27-16-12-9-13-17-27)29(30(46)19-18-28-20-40-23-41-28)22-45(21-26-14-10-8-11-15-26)44-35(48)33(25(4)5)43-36(49)52-6/h9,12-13,16-17,20,23-26,29,31-33,51H,7-8,10-11,14-15,18-19,21-22,39H2,1-6H3,(H,40,41)(H,42,50)(H,43,49)(H,44,48)/t29-,31?,32+,33+,38?/m1/s1. The molecule has 5 atom stereocenters. The number of ether oxygens (including phenoxy) is 2. The number of nitrogens with two attached hydrogens (primary N) is 1. The number of H-pyrrole nitrogens is 1. The van der Waals surface area contributed by atoms with E-state index in [1.165, 1.54) is 13.4 Å². The third-order valence-corrected chi connectivity index (χ3v) is 9.83. The van der Waals surface area contributed by atoms with Crippen LogP contribution >= 0.6 is 0 Å². The zero-order chi connectivity index (χ0) is 39.1. The summed E-state index contributed by atoms with van der Waals surface area (Å²) >= 11 is 0. The third-order valence-electron chi connectivity index (χ3n) is 9.83. The minimum Gasteiger partial charge on any atom is -0.453 e. The van der Waals surface area contributed by atoms with E-state index in [1.807, 2.05) is 0 Å². The maximum Gasteiger partial charge on any atom is 0.407 e. The minimum atomic E-state index is -2.40. The number of nitrogens with one attached hydrogen (secondary N) is 4. The van der Waals surface area contributed by atoms with Gasteiger partial charge in [-0.2, -0.15) is 0 Å². The quantitative estimate of drug-likeness (QED) is 0.0851. The summed E-state index contributed by atoms with van der Waals surface area (Å²) < 4.78 is 9.88. The van der Waals surface area contributed by atoms with Crippen molar-refractivity contribution in [3.05, 3.63) is 54.1 Å². The van der Waals surface area contributed by atoms with Crippen molar-refractivity contribution in [3.8, 4) is 0 Å². The first-order chi connectivity index (χ1) is 25.2. The summed E-state index contributed by atoms with van der Waals surface area (Å²) in [4.78, 5) is 75.5. The number of methoxy groups -OCH3 is 1. The average molecular weight is 742 g/mol. The monoisotopic (exact) mass is 741 g/mol. The Bertz CT molecular complexity index is 1460. The van der Waals surface area contributed by atoms with E-state index < -0.39 is 65.2 Å².